The number of hydrogen-bond donors (Lipinski definition) is 4. The predicted molar refractivity (Wildman–Crippen MR) is 170 cm³/mol. The Labute approximate surface area is 279 Å². The van der Waals surface area contributed by atoms with Crippen molar-refractivity contribution < 1.29 is 49.0 Å². The van der Waals surface area contributed by atoms with Crippen LogP contribution in [-0.2, 0) is 28.5 Å². The summed E-state index contributed by atoms with van der Waals surface area (Å²) in [5.41, 5.74) is -1.33. The van der Waals surface area contributed by atoms with Gasteiger partial charge in [0.2, 0.25) is 0 Å². The van der Waals surface area contributed by atoms with Crippen LogP contribution in [-0.4, -0.2) is 93.4 Å². The van der Waals surface area contributed by atoms with Crippen molar-refractivity contribution in [3.63, 3.8) is 0 Å². The number of aliphatic hydroxyl groups excluding tert-OH is 4. The molecule has 16 atom stereocenters. The van der Waals surface area contributed by atoms with E-state index in [1.165, 1.54) is 6.92 Å². The summed E-state index contributed by atoms with van der Waals surface area (Å²) >= 11 is 0. The molecular weight excluding hydrogens is 604 g/mol. The molecule has 7 fully saturated rings. The Balaban J connectivity index is 1.12. The van der Waals surface area contributed by atoms with Gasteiger partial charge in [0, 0.05) is 18.3 Å². The van der Waals surface area contributed by atoms with Gasteiger partial charge in [0.15, 0.2) is 12.1 Å². The number of ether oxygens (including phenoxy) is 4. The number of rotatable bonds is 8. The number of ketones is 1. The fourth-order valence-corrected chi connectivity index (χ4v) is 13.3. The van der Waals surface area contributed by atoms with Crippen molar-refractivity contribution in [3.8, 4) is 0 Å². The van der Waals surface area contributed by atoms with Crippen LogP contribution in [0.5, 0.6) is 0 Å². The minimum absolute atomic E-state index is 0.0511. The van der Waals surface area contributed by atoms with Crippen LogP contribution in [0.2, 0.25) is 0 Å². The molecule has 7 aliphatic rings. The van der Waals surface area contributed by atoms with Gasteiger partial charge in [0.1, 0.15) is 36.6 Å². The zero-order valence-corrected chi connectivity index (χ0v) is 29.5. The third kappa shape index (κ3) is 4.46. The maximum atomic E-state index is 14.2. The Morgan fingerprint density at radius 3 is 2.19 bits per heavy atom. The average molecular weight is 663 g/mol. The summed E-state index contributed by atoms with van der Waals surface area (Å²) in [5, 5.41) is 42.5. The smallest absolute Gasteiger partial charge is 0.302 e. The molecule has 0 aromatic rings. The van der Waals surface area contributed by atoms with Gasteiger partial charge in [-0.1, -0.05) is 34.6 Å². The highest BCUT2D eigenvalue weighted by atomic mass is 16.7. The van der Waals surface area contributed by atoms with Crippen LogP contribution < -0.4 is 0 Å². The second-order valence-electron chi connectivity index (χ2n) is 18.3. The van der Waals surface area contributed by atoms with Gasteiger partial charge >= 0.3 is 5.97 Å². The monoisotopic (exact) mass is 662 g/mol. The van der Waals surface area contributed by atoms with Crippen LogP contribution in [0.3, 0.4) is 0 Å². The number of aliphatic hydroxyl groups is 4. The van der Waals surface area contributed by atoms with E-state index in [0.29, 0.717) is 12.3 Å². The van der Waals surface area contributed by atoms with Gasteiger partial charge in [-0.05, 0) is 105 Å². The SMILES string of the molecule is CC(=O)O[C@H](C[C@@H](C)[C@H]1C(=O)C(O)[C@@]2(C)[C@@H]3CC[C@H]4C(C)(C)[C@@H](O[C@@H]5O[C@@H](CO)[C@H](O)[C@H]5O)CC[C@@]45C[C@@]35CC[C@]12C)[C@@H]1OC1(C)C. The summed E-state index contributed by atoms with van der Waals surface area (Å²) in [6.07, 6.45) is 1.18. The molecule has 5 saturated carbocycles. The summed E-state index contributed by atoms with van der Waals surface area (Å²) in [7, 11) is 0. The van der Waals surface area contributed by atoms with E-state index in [-0.39, 0.29) is 75.6 Å². The molecule has 4 N–H and O–H groups in total. The highest BCUT2D eigenvalue weighted by molar-refractivity contribution is 5.90. The van der Waals surface area contributed by atoms with Crippen molar-refractivity contribution in [3.05, 3.63) is 0 Å². The van der Waals surface area contributed by atoms with Crippen molar-refractivity contribution in [2.45, 2.75) is 161 Å². The van der Waals surface area contributed by atoms with E-state index in [1.54, 1.807) is 0 Å². The first-order valence-electron chi connectivity index (χ1n) is 18.2. The molecule has 2 aliphatic heterocycles. The Morgan fingerprint density at radius 1 is 0.957 bits per heavy atom. The maximum Gasteiger partial charge on any atom is 0.302 e. The van der Waals surface area contributed by atoms with Gasteiger partial charge in [-0.3, -0.25) is 9.59 Å². The molecule has 2 heterocycles. The zero-order chi connectivity index (χ0) is 34.3. The van der Waals surface area contributed by atoms with Gasteiger partial charge in [0.05, 0.1) is 18.3 Å². The molecular formula is C37H58O10. The fourth-order valence-electron chi connectivity index (χ4n) is 13.3. The molecule has 1 unspecified atom stereocenters. The summed E-state index contributed by atoms with van der Waals surface area (Å²) in [6, 6.07) is 0. The van der Waals surface area contributed by atoms with E-state index in [2.05, 4.69) is 34.6 Å². The van der Waals surface area contributed by atoms with Crippen molar-refractivity contribution in [1.29, 1.82) is 0 Å². The highest BCUT2D eigenvalue weighted by Crippen LogP contribution is 2.89. The molecule has 5 aliphatic carbocycles. The van der Waals surface area contributed by atoms with Crippen LogP contribution in [0.25, 0.3) is 0 Å². The molecule has 7 rings (SSSR count). The predicted octanol–water partition coefficient (Wildman–Crippen LogP) is 3.53. The van der Waals surface area contributed by atoms with Gasteiger partial charge in [0.25, 0.3) is 0 Å². The molecule has 0 aromatic carbocycles. The Kier molecular flexibility index (Phi) is 7.80. The minimum Gasteiger partial charge on any atom is -0.460 e. The Hall–Kier alpha value is -1.14. The summed E-state index contributed by atoms with van der Waals surface area (Å²) in [6.45, 7) is 16.1. The zero-order valence-electron chi connectivity index (χ0n) is 29.5. The second-order valence-corrected chi connectivity index (χ2v) is 18.3. The van der Waals surface area contributed by atoms with Crippen molar-refractivity contribution in [1.82, 2.24) is 0 Å². The largest absolute Gasteiger partial charge is 0.460 e. The molecule has 47 heavy (non-hydrogen) atoms. The van der Waals surface area contributed by atoms with E-state index < -0.39 is 42.2 Å². The number of carbonyl (C=O) groups excluding carboxylic acids is 2. The molecule has 2 spiro atoms. The summed E-state index contributed by atoms with van der Waals surface area (Å²) in [5.74, 6) is -0.209. The lowest BCUT2D eigenvalue weighted by Gasteiger charge is -2.63. The maximum absolute atomic E-state index is 14.2. The quantitative estimate of drug-likeness (QED) is 0.224. The Morgan fingerprint density at radius 2 is 1.60 bits per heavy atom. The molecule has 266 valence electrons. The molecule has 2 saturated heterocycles. The molecule has 0 amide bonds. The van der Waals surface area contributed by atoms with Gasteiger partial charge < -0.3 is 39.4 Å². The lowest BCUT2D eigenvalue weighted by atomic mass is 9.41. The lowest BCUT2D eigenvalue weighted by Crippen LogP contribution is -2.60. The lowest BCUT2D eigenvalue weighted by molar-refractivity contribution is -0.244. The van der Waals surface area contributed by atoms with Gasteiger partial charge in [-0.25, -0.2) is 0 Å². The number of epoxide rings is 1. The molecule has 0 aromatic heterocycles. The normalized spacial score (nSPS) is 53.2. The van der Waals surface area contributed by atoms with Gasteiger partial charge in [-0.2, -0.15) is 0 Å². The van der Waals surface area contributed by atoms with Crippen LogP contribution in [0.15, 0.2) is 0 Å². The molecule has 10 heteroatoms. The number of Topliss-reactive ketones (excluding diaryl/α,β-unsaturated/α-hetero) is 1. The summed E-state index contributed by atoms with van der Waals surface area (Å²) < 4.78 is 23.8. The minimum atomic E-state index is -1.21. The molecule has 0 bridgehead atoms. The van der Waals surface area contributed by atoms with E-state index in [4.69, 9.17) is 18.9 Å². The number of carbonyl (C=O) groups is 2. The van der Waals surface area contributed by atoms with Gasteiger partial charge in [-0.15, -0.1) is 0 Å². The van der Waals surface area contributed by atoms with E-state index >= 15 is 0 Å². The molecule has 10 nitrogen and oxygen atoms in total. The first-order valence-corrected chi connectivity index (χ1v) is 18.2. The van der Waals surface area contributed by atoms with E-state index in [0.717, 1.165) is 44.9 Å². The van der Waals surface area contributed by atoms with E-state index in [1.807, 2.05) is 13.8 Å². The van der Waals surface area contributed by atoms with Crippen LogP contribution >= 0.6 is 0 Å². The molecule has 0 radical (unpaired) electrons. The van der Waals surface area contributed by atoms with Crippen LogP contribution in [0.1, 0.15) is 107 Å². The number of esters is 1. The summed E-state index contributed by atoms with van der Waals surface area (Å²) in [4.78, 5) is 26.3. The second kappa shape index (κ2) is 10.7. The van der Waals surface area contributed by atoms with Crippen molar-refractivity contribution >= 4 is 11.8 Å². The average Bonchev–Trinajstić information content (AvgIpc) is 3.81. The van der Waals surface area contributed by atoms with Crippen molar-refractivity contribution in [2.24, 2.45) is 50.7 Å². The first kappa shape index (κ1) is 34.3. The van der Waals surface area contributed by atoms with Crippen molar-refractivity contribution in [2.75, 3.05) is 6.61 Å². The first-order chi connectivity index (χ1) is 21.8. The number of fused-ring (bicyclic) bond motifs is 2. The third-order valence-electron chi connectivity index (χ3n) is 15.7. The highest BCUT2D eigenvalue weighted by Gasteiger charge is 2.84. The van der Waals surface area contributed by atoms with Crippen LogP contribution in [0.4, 0.5) is 0 Å². The standard InChI is InChI=1S/C37H58O10/c1-18(15-20(44-19(2)39)30-33(5,6)47-30)25-27(41)29(43)35(8)23-10-9-22-32(3,4)24(46-31-28(42)26(40)21(16-38)45-31)11-12-36(22)17-37(23,36)14-13-34(25,35)7/h18,20-26,28-31,38,40,42-43H,9-17H2,1-8H3/t18-,20-,21+,22+,23+,24+,25+,26+,28-,29?,30+,31+,34-,35-,36-,37+/m1/s1. The topological polar surface area (TPSA) is 155 Å². The number of hydrogen-bond acceptors (Lipinski definition) is 10. The third-order valence-corrected chi connectivity index (χ3v) is 15.7. The fraction of sp³-hybridized carbons (Fsp3) is 0.946. The van der Waals surface area contributed by atoms with Crippen LogP contribution in [0, 0.1) is 50.7 Å². The van der Waals surface area contributed by atoms with E-state index in [9.17, 15) is 30.0 Å². The Bertz CT molecular complexity index is 1300.